The molecule has 3 heteroatoms. The molecule has 2 N–H and O–H groups in total. The van der Waals surface area contributed by atoms with Gasteiger partial charge in [0.05, 0.1) is 6.61 Å². The summed E-state index contributed by atoms with van der Waals surface area (Å²) in [5.41, 5.74) is 7.44. The Morgan fingerprint density at radius 1 is 1.50 bits per heavy atom. The van der Waals surface area contributed by atoms with Gasteiger partial charge < -0.3 is 10.5 Å². The van der Waals surface area contributed by atoms with Crippen LogP contribution in [-0.4, -0.2) is 6.61 Å². The van der Waals surface area contributed by atoms with Gasteiger partial charge in [0.15, 0.2) is 0 Å². The first-order valence-corrected chi connectivity index (χ1v) is 6.69. The molecule has 1 aromatic carbocycles. The quantitative estimate of drug-likeness (QED) is 0.916. The van der Waals surface area contributed by atoms with Gasteiger partial charge in [-0.3, -0.25) is 0 Å². The second-order valence-corrected chi connectivity index (χ2v) is 5.25. The molecule has 0 bridgehead atoms. The number of hydrogen-bond acceptors (Lipinski definition) is 2. The Kier molecular flexibility index (Phi) is 3.87. The highest BCUT2D eigenvalue weighted by Crippen LogP contribution is 2.40. The molecule has 16 heavy (non-hydrogen) atoms. The number of rotatable bonds is 4. The van der Waals surface area contributed by atoms with Crippen LogP contribution in [0.25, 0.3) is 0 Å². The lowest BCUT2D eigenvalue weighted by Gasteiger charge is -2.32. The minimum atomic E-state index is 0.118. The standard InChI is InChI=1S/C13H18BrNO/c1-2-16-12-7-6-10(14)8-11(12)13(15)9-4-3-5-9/h6-9,13H,2-5,15H2,1H3/t13-/m0/s1. The van der Waals surface area contributed by atoms with Crippen molar-refractivity contribution >= 4 is 15.9 Å². The van der Waals surface area contributed by atoms with E-state index in [4.69, 9.17) is 10.5 Å². The molecular formula is C13H18BrNO. The molecule has 0 unspecified atom stereocenters. The molecule has 88 valence electrons. The van der Waals surface area contributed by atoms with Crippen molar-refractivity contribution in [3.05, 3.63) is 28.2 Å². The van der Waals surface area contributed by atoms with E-state index in [0.29, 0.717) is 12.5 Å². The molecule has 1 aliphatic carbocycles. The average molecular weight is 284 g/mol. The number of nitrogens with two attached hydrogens (primary N) is 1. The number of ether oxygens (including phenoxy) is 1. The monoisotopic (exact) mass is 283 g/mol. The van der Waals surface area contributed by atoms with Crippen LogP contribution in [0.5, 0.6) is 5.75 Å². The molecule has 2 rings (SSSR count). The lowest BCUT2D eigenvalue weighted by atomic mass is 9.77. The van der Waals surface area contributed by atoms with E-state index >= 15 is 0 Å². The first-order chi connectivity index (χ1) is 7.72. The first-order valence-electron chi connectivity index (χ1n) is 5.90. The largest absolute Gasteiger partial charge is 0.494 e. The molecule has 0 heterocycles. The Bertz CT molecular complexity index is 363. The van der Waals surface area contributed by atoms with Crippen molar-refractivity contribution in [3.63, 3.8) is 0 Å². The third-order valence-electron chi connectivity index (χ3n) is 3.29. The summed E-state index contributed by atoms with van der Waals surface area (Å²) in [7, 11) is 0. The maximum Gasteiger partial charge on any atom is 0.124 e. The van der Waals surface area contributed by atoms with Gasteiger partial charge in [0.1, 0.15) is 5.75 Å². The van der Waals surface area contributed by atoms with Crippen molar-refractivity contribution in [2.75, 3.05) is 6.61 Å². The highest BCUT2D eigenvalue weighted by Gasteiger charge is 2.27. The minimum Gasteiger partial charge on any atom is -0.494 e. The number of halogens is 1. The fourth-order valence-electron chi connectivity index (χ4n) is 2.12. The Balaban J connectivity index is 2.24. The van der Waals surface area contributed by atoms with Crippen LogP contribution < -0.4 is 10.5 Å². The van der Waals surface area contributed by atoms with E-state index in [0.717, 1.165) is 15.8 Å². The molecule has 1 fully saturated rings. The molecule has 1 aliphatic rings. The van der Waals surface area contributed by atoms with Crippen LogP contribution in [-0.2, 0) is 0 Å². The van der Waals surface area contributed by atoms with Crippen molar-refractivity contribution in [2.24, 2.45) is 11.7 Å². The van der Waals surface area contributed by atoms with Crippen LogP contribution in [0.15, 0.2) is 22.7 Å². The maximum absolute atomic E-state index is 6.30. The molecule has 0 amide bonds. The third kappa shape index (κ3) is 2.41. The molecule has 1 saturated carbocycles. The van der Waals surface area contributed by atoms with Crippen molar-refractivity contribution in [2.45, 2.75) is 32.2 Å². The van der Waals surface area contributed by atoms with Crippen molar-refractivity contribution in [1.29, 1.82) is 0 Å². The first kappa shape index (κ1) is 11.9. The normalized spacial score (nSPS) is 17.9. The summed E-state index contributed by atoms with van der Waals surface area (Å²) in [6.07, 6.45) is 3.81. The summed E-state index contributed by atoms with van der Waals surface area (Å²) in [5, 5.41) is 0. The Morgan fingerprint density at radius 2 is 2.25 bits per heavy atom. The van der Waals surface area contributed by atoms with Gasteiger partial charge in [-0.2, -0.15) is 0 Å². The van der Waals surface area contributed by atoms with Crippen molar-refractivity contribution in [1.82, 2.24) is 0 Å². The van der Waals surface area contributed by atoms with E-state index < -0.39 is 0 Å². The van der Waals surface area contributed by atoms with E-state index in [-0.39, 0.29) is 6.04 Å². The summed E-state index contributed by atoms with van der Waals surface area (Å²) in [6, 6.07) is 6.21. The molecule has 0 aromatic heterocycles. The Hall–Kier alpha value is -0.540. The summed E-state index contributed by atoms with van der Waals surface area (Å²) < 4.78 is 6.70. The second-order valence-electron chi connectivity index (χ2n) is 4.33. The van der Waals surface area contributed by atoms with Gasteiger partial charge in [0.2, 0.25) is 0 Å². The Labute approximate surface area is 105 Å². The Morgan fingerprint density at radius 3 is 2.81 bits per heavy atom. The highest BCUT2D eigenvalue weighted by molar-refractivity contribution is 9.10. The van der Waals surface area contributed by atoms with Crippen molar-refractivity contribution in [3.8, 4) is 5.75 Å². The SMILES string of the molecule is CCOc1ccc(Br)cc1[C@@H](N)C1CCC1. The van der Waals surface area contributed by atoms with Crippen LogP contribution >= 0.6 is 15.9 Å². The fraction of sp³-hybridized carbons (Fsp3) is 0.538. The molecule has 0 radical (unpaired) electrons. The molecule has 1 aromatic rings. The predicted octanol–water partition coefficient (Wildman–Crippen LogP) is 3.65. The second kappa shape index (κ2) is 5.19. The smallest absolute Gasteiger partial charge is 0.124 e. The van der Waals surface area contributed by atoms with E-state index in [1.165, 1.54) is 19.3 Å². The van der Waals surface area contributed by atoms with Gasteiger partial charge in [-0.1, -0.05) is 22.4 Å². The van der Waals surface area contributed by atoms with E-state index in [2.05, 4.69) is 22.0 Å². The summed E-state index contributed by atoms with van der Waals surface area (Å²) >= 11 is 3.49. The molecule has 0 aliphatic heterocycles. The molecule has 1 atom stereocenters. The van der Waals surface area contributed by atoms with Gasteiger partial charge in [0, 0.05) is 16.1 Å². The minimum absolute atomic E-state index is 0.118. The predicted molar refractivity (Wildman–Crippen MR) is 69.6 cm³/mol. The zero-order chi connectivity index (χ0) is 11.5. The van der Waals surface area contributed by atoms with Crippen LogP contribution in [0, 0.1) is 5.92 Å². The van der Waals surface area contributed by atoms with Crippen LogP contribution in [0.1, 0.15) is 37.8 Å². The summed E-state index contributed by atoms with van der Waals surface area (Å²) in [4.78, 5) is 0. The topological polar surface area (TPSA) is 35.2 Å². The summed E-state index contributed by atoms with van der Waals surface area (Å²) in [6.45, 7) is 2.69. The molecule has 0 saturated heterocycles. The van der Waals surface area contributed by atoms with E-state index in [1.807, 2.05) is 19.1 Å². The zero-order valence-corrected chi connectivity index (χ0v) is 11.2. The van der Waals surface area contributed by atoms with Gasteiger partial charge >= 0.3 is 0 Å². The summed E-state index contributed by atoms with van der Waals surface area (Å²) in [5.74, 6) is 1.57. The van der Waals surface area contributed by atoms with Crippen LogP contribution in [0.2, 0.25) is 0 Å². The van der Waals surface area contributed by atoms with Gasteiger partial charge in [-0.25, -0.2) is 0 Å². The zero-order valence-electron chi connectivity index (χ0n) is 9.58. The van der Waals surface area contributed by atoms with Gasteiger partial charge in [-0.05, 0) is 43.9 Å². The van der Waals surface area contributed by atoms with Crippen LogP contribution in [0.4, 0.5) is 0 Å². The maximum atomic E-state index is 6.30. The van der Waals surface area contributed by atoms with Crippen LogP contribution in [0.3, 0.4) is 0 Å². The fourth-order valence-corrected chi connectivity index (χ4v) is 2.50. The lowest BCUT2D eigenvalue weighted by Crippen LogP contribution is -2.27. The van der Waals surface area contributed by atoms with E-state index in [1.54, 1.807) is 0 Å². The van der Waals surface area contributed by atoms with Crippen molar-refractivity contribution < 1.29 is 4.74 Å². The highest BCUT2D eigenvalue weighted by atomic mass is 79.9. The third-order valence-corrected chi connectivity index (χ3v) is 3.78. The number of benzene rings is 1. The van der Waals surface area contributed by atoms with Gasteiger partial charge in [0.25, 0.3) is 0 Å². The number of hydrogen-bond donors (Lipinski definition) is 1. The molecule has 2 nitrogen and oxygen atoms in total. The molecule has 0 spiro atoms. The average Bonchev–Trinajstić information content (AvgIpc) is 2.18. The lowest BCUT2D eigenvalue weighted by molar-refractivity contribution is 0.256. The van der Waals surface area contributed by atoms with Gasteiger partial charge in [-0.15, -0.1) is 0 Å². The van der Waals surface area contributed by atoms with E-state index in [9.17, 15) is 0 Å². The molecular weight excluding hydrogens is 266 g/mol.